The van der Waals surface area contributed by atoms with Crippen LogP contribution in [0.1, 0.15) is 16.1 Å². The number of amides is 1. The van der Waals surface area contributed by atoms with Crippen molar-refractivity contribution in [2.24, 2.45) is 0 Å². The van der Waals surface area contributed by atoms with E-state index in [4.69, 9.17) is 11.6 Å². The molecule has 2 heterocycles. The zero-order valence-corrected chi connectivity index (χ0v) is 16.0. The largest absolute Gasteiger partial charge is 0.321 e. The topological polar surface area (TPSA) is 83.8 Å². The van der Waals surface area contributed by atoms with E-state index >= 15 is 0 Å². The normalized spacial score (nSPS) is 11.9. The number of benzene rings is 1. The van der Waals surface area contributed by atoms with E-state index in [9.17, 15) is 13.2 Å². The third kappa shape index (κ3) is 3.18. The highest BCUT2D eigenvalue weighted by atomic mass is 35.5. The Morgan fingerprint density at radius 1 is 1.23 bits per heavy atom. The van der Waals surface area contributed by atoms with Crippen molar-refractivity contribution in [3.63, 3.8) is 0 Å². The van der Waals surface area contributed by atoms with E-state index in [0.717, 1.165) is 4.31 Å². The second-order valence-corrected chi connectivity index (χ2v) is 8.38. The maximum absolute atomic E-state index is 12.7. The second-order valence-electron chi connectivity index (χ2n) is 5.90. The van der Waals surface area contributed by atoms with Crippen LogP contribution in [0.15, 0.2) is 47.5 Å². The molecule has 0 saturated heterocycles. The number of carbonyl (C=O) groups is 1. The molecule has 0 saturated carbocycles. The maximum atomic E-state index is 12.7. The van der Waals surface area contributed by atoms with Crippen molar-refractivity contribution in [3.05, 3.63) is 59.0 Å². The molecule has 0 bridgehead atoms. The molecule has 136 valence electrons. The summed E-state index contributed by atoms with van der Waals surface area (Å²) >= 11 is 6.10. The summed E-state index contributed by atoms with van der Waals surface area (Å²) in [6.45, 7) is 1.70. The van der Waals surface area contributed by atoms with E-state index in [0.29, 0.717) is 16.9 Å². The van der Waals surface area contributed by atoms with Gasteiger partial charge in [0.15, 0.2) is 10.8 Å². The summed E-state index contributed by atoms with van der Waals surface area (Å²) in [6, 6.07) is 9.99. The first kappa shape index (κ1) is 18.4. The number of rotatable bonds is 4. The number of nitrogens with zero attached hydrogens (tertiary/aromatic N) is 3. The highest BCUT2D eigenvalue weighted by Crippen LogP contribution is 2.24. The fourth-order valence-electron chi connectivity index (χ4n) is 2.51. The van der Waals surface area contributed by atoms with Gasteiger partial charge in [0, 0.05) is 26.0 Å². The lowest BCUT2D eigenvalue weighted by Crippen LogP contribution is -2.23. The summed E-state index contributed by atoms with van der Waals surface area (Å²) in [7, 11) is -0.711. The zero-order chi connectivity index (χ0) is 19.1. The van der Waals surface area contributed by atoms with Crippen molar-refractivity contribution in [2.45, 2.75) is 11.8 Å². The summed E-state index contributed by atoms with van der Waals surface area (Å²) < 4.78 is 27.6. The molecular formula is C17H17ClN4O3S. The maximum Gasteiger partial charge on any atom is 0.275 e. The van der Waals surface area contributed by atoms with Gasteiger partial charge in [-0.1, -0.05) is 23.7 Å². The van der Waals surface area contributed by atoms with Crippen molar-refractivity contribution in [1.82, 2.24) is 13.7 Å². The van der Waals surface area contributed by atoms with Gasteiger partial charge in [0.25, 0.3) is 5.91 Å². The molecule has 0 aliphatic rings. The molecule has 26 heavy (non-hydrogen) atoms. The smallest absolute Gasteiger partial charge is 0.275 e. The summed E-state index contributed by atoms with van der Waals surface area (Å²) in [4.78, 5) is 16.9. The van der Waals surface area contributed by atoms with Crippen molar-refractivity contribution in [1.29, 1.82) is 0 Å². The second kappa shape index (κ2) is 6.71. The van der Waals surface area contributed by atoms with Crippen LogP contribution in [0.5, 0.6) is 0 Å². The molecule has 2 aromatic heterocycles. The number of hydrogen-bond acceptors (Lipinski definition) is 4. The molecule has 9 heteroatoms. The molecule has 0 spiro atoms. The number of anilines is 1. The third-order valence-corrected chi connectivity index (χ3v) is 6.13. The minimum absolute atomic E-state index is 0.0712. The van der Waals surface area contributed by atoms with E-state index in [1.807, 2.05) is 0 Å². The molecular weight excluding hydrogens is 376 g/mol. The van der Waals surface area contributed by atoms with Gasteiger partial charge >= 0.3 is 0 Å². The standard InChI is InChI=1S/C17H17ClN4O3S/c1-11-7-8-12(10-13(11)26(24,25)21(2)3)19-17(23)15-16(18)20-14-6-4-5-9-22(14)15/h4-10H,1-3H3,(H,19,23). The number of sulfonamides is 1. The average molecular weight is 393 g/mol. The van der Waals surface area contributed by atoms with E-state index in [1.54, 1.807) is 47.9 Å². The SMILES string of the molecule is Cc1ccc(NC(=O)c2c(Cl)nc3ccccn23)cc1S(=O)(=O)N(C)C. The lowest BCUT2D eigenvalue weighted by Gasteiger charge is -2.15. The molecule has 0 unspecified atom stereocenters. The fourth-order valence-corrected chi connectivity index (χ4v) is 3.92. The van der Waals surface area contributed by atoms with Crippen LogP contribution in [-0.2, 0) is 10.0 Å². The molecule has 1 aromatic carbocycles. The van der Waals surface area contributed by atoms with Crippen LogP contribution in [0.3, 0.4) is 0 Å². The van der Waals surface area contributed by atoms with Gasteiger partial charge < -0.3 is 5.32 Å². The lowest BCUT2D eigenvalue weighted by molar-refractivity contribution is 0.102. The molecule has 0 aliphatic heterocycles. The molecule has 0 fully saturated rings. The van der Waals surface area contributed by atoms with Gasteiger partial charge in [-0.25, -0.2) is 17.7 Å². The zero-order valence-electron chi connectivity index (χ0n) is 14.4. The van der Waals surface area contributed by atoms with Gasteiger partial charge in [0.05, 0.1) is 4.90 Å². The van der Waals surface area contributed by atoms with Crippen LogP contribution in [0.4, 0.5) is 5.69 Å². The molecule has 1 N–H and O–H groups in total. The van der Waals surface area contributed by atoms with Crippen LogP contribution in [0.25, 0.3) is 5.65 Å². The van der Waals surface area contributed by atoms with Gasteiger partial charge in [-0.05, 0) is 36.8 Å². The Hall–Kier alpha value is -2.42. The van der Waals surface area contributed by atoms with E-state index in [2.05, 4.69) is 10.3 Å². The van der Waals surface area contributed by atoms with Crippen molar-refractivity contribution < 1.29 is 13.2 Å². The number of halogens is 1. The molecule has 0 radical (unpaired) electrons. The number of carbonyl (C=O) groups excluding carboxylic acids is 1. The Kier molecular flexibility index (Phi) is 4.74. The number of pyridine rings is 1. The molecule has 3 aromatic rings. The average Bonchev–Trinajstić information content (AvgIpc) is 2.92. The van der Waals surface area contributed by atoms with Crippen LogP contribution in [-0.4, -0.2) is 42.1 Å². The van der Waals surface area contributed by atoms with Crippen LogP contribution >= 0.6 is 11.6 Å². The van der Waals surface area contributed by atoms with Gasteiger partial charge in [-0.15, -0.1) is 0 Å². The van der Waals surface area contributed by atoms with Gasteiger partial charge in [0.2, 0.25) is 10.0 Å². The number of nitrogens with one attached hydrogen (secondary N) is 1. The minimum atomic E-state index is -3.62. The number of hydrogen-bond donors (Lipinski definition) is 1. The van der Waals surface area contributed by atoms with Crippen LogP contribution in [0.2, 0.25) is 5.15 Å². The number of aromatic nitrogens is 2. The highest BCUT2D eigenvalue weighted by molar-refractivity contribution is 7.89. The number of fused-ring (bicyclic) bond motifs is 1. The van der Waals surface area contributed by atoms with E-state index < -0.39 is 15.9 Å². The first-order valence-electron chi connectivity index (χ1n) is 7.69. The number of aryl methyl sites for hydroxylation is 1. The molecule has 0 atom stereocenters. The Labute approximate surface area is 156 Å². The Bertz CT molecular complexity index is 1110. The number of imidazole rings is 1. The molecule has 0 aliphatic carbocycles. The van der Waals surface area contributed by atoms with E-state index in [-0.39, 0.29) is 15.7 Å². The summed E-state index contributed by atoms with van der Waals surface area (Å²) in [5.41, 5.74) is 1.66. The Balaban J connectivity index is 1.99. The summed E-state index contributed by atoms with van der Waals surface area (Å²) in [5.74, 6) is -0.481. The van der Waals surface area contributed by atoms with Crippen molar-refractivity contribution in [3.8, 4) is 0 Å². The van der Waals surface area contributed by atoms with E-state index in [1.165, 1.54) is 20.2 Å². The fraction of sp³-hybridized carbons (Fsp3) is 0.176. The molecule has 1 amide bonds. The van der Waals surface area contributed by atoms with Gasteiger partial charge in [-0.2, -0.15) is 0 Å². The third-order valence-electron chi connectivity index (χ3n) is 3.91. The molecule has 7 nitrogen and oxygen atoms in total. The minimum Gasteiger partial charge on any atom is -0.321 e. The van der Waals surface area contributed by atoms with Crippen molar-refractivity contribution in [2.75, 3.05) is 19.4 Å². The first-order chi connectivity index (χ1) is 12.2. The Morgan fingerprint density at radius 2 is 1.96 bits per heavy atom. The quantitative estimate of drug-likeness (QED) is 0.740. The van der Waals surface area contributed by atoms with Crippen LogP contribution in [0, 0.1) is 6.92 Å². The monoisotopic (exact) mass is 392 g/mol. The predicted molar refractivity (Wildman–Crippen MR) is 100 cm³/mol. The first-order valence-corrected chi connectivity index (χ1v) is 9.50. The molecule has 3 rings (SSSR count). The van der Waals surface area contributed by atoms with Crippen LogP contribution < -0.4 is 5.32 Å². The van der Waals surface area contributed by atoms with Gasteiger partial charge in [0.1, 0.15) is 5.65 Å². The van der Waals surface area contributed by atoms with Crippen molar-refractivity contribution >= 4 is 38.9 Å². The summed E-state index contributed by atoms with van der Waals surface area (Å²) in [6.07, 6.45) is 1.68. The Morgan fingerprint density at radius 3 is 2.65 bits per heavy atom. The highest BCUT2D eigenvalue weighted by Gasteiger charge is 2.22. The predicted octanol–water partition coefficient (Wildman–Crippen LogP) is 2.80. The van der Waals surface area contributed by atoms with Gasteiger partial charge in [-0.3, -0.25) is 9.20 Å². The lowest BCUT2D eigenvalue weighted by atomic mass is 10.2. The summed E-state index contributed by atoms with van der Waals surface area (Å²) in [5, 5.41) is 2.76.